The van der Waals surface area contributed by atoms with E-state index in [0.717, 1.165) is 33.1 Å². The Morgan fingerprint density at radius 1 is 0.931 bits per heavy atom. The molecule has 0 unspecified atom stereocenters. The molecule has 0 bridgehead atoms. The molecule has 0 radical (unpaired) electrons. The van der Waals surface area contributed by atoms with Gasteiger partial charge in [0, 0.05) is 39.9 Å². The Morgan fingerprint density at radius 3 is 2.59 bits per heavy atom. The van der Waals surface area contributed by atoms with Crippen molar-refractivity contribution in [3.05, 3.63) is 66.5 Å². The van der Waals surface area contributed by atoms with Crippen molar-refractivity contribution in [2.75, 3.05) is 12.4 Å². The maximum Gasteiger partial charge on any atom is 0.229 e. The van der Waals surface area contributed by atoms with E-state index in [-0.39, 0.29) is 0 Å². The molecule has 0 amide bonds. The fraction of sp³-hybridized carbons (Fsp3) is 0.174. The summed E-state index contributed by atoms with van der Waals surface area (Å²) in [5.41, 5.74) is 5.07. The number of hydrogen-bond donors (Lipinski definition) is 1. The van der Waals surface area contributed by atoms with Gasteiger partial charge in [-0.3, -0.25) is 4.40 Å². The Labute approximate surface area is 168 Å². The van der Waals surface area contributed by atoms with E-state index in [2.05, 4.69) is 57.8 Å². The van der Waals surface area contributed by atoms with Crippen LogP contribution < -0.4 is 10.1 Å². The standard InChI is InChI=1S/C23H21N5O/c1-14(2)20-10-8-18-7-4-16-13-24-23(27-22(16)28(18)20)25-17-6-9-19-15(12-17)5-11-21(26-19)29-3/h4-14H,1-3H3,(H,24,25,27). The molecule has 5 aromatic rings. The van der Waals surface area contributed by atoms with Gasteiger partial charge >= 0.3 is 0 Å². The van der Waals surface area contributed by atoms with E-state index in [1.54, 1.807) is 7.11 Å². The highest BCUT2D eigenvalue weighted by Crippen LogP contribution is 2.26. The first kappa shape index (κ1) is 17.4. The van der Waals surface area contributed by atoms with E-state index >= 15 is 0 Å². The van der Waals surface area contributed by atoms with E-state index in [1.807, 2.05) is 36.5 Å². The van der Waals surface area contributed by atoms with Gasteiger partial charge in [-0.05, 0) is 54.4 Å². The van der Waals surface area contributed by atoms with Gasteiger partial charge in [-0.1, -0.05) is 13.8 Å². The van der Waals surface area contributed by atoms with Crippen molar-refractivity contribution in [3.63, 3.8) is 0 Å². The first-order valence-electron chi connectivity index (χ1n) is 9.61. The molecule has 4 aromatic heterocycles. The second-order valence-corrected chi connectivity index (χ2v) is 7.37. The van der Waals surface area contributed by atoms with Crippen molar-refractivity contribution >= 4 is 39.1 Å². The molecule has 0 aliphatic carbocycles. The molecule has 5 rings (SSSR count). The summed E-state index contributed by atoms with van der Waals surface area (Å²) < 4.78 is 7.41. The number of anilines is 2. The predicted molar refractivity (Wildman–Crippen MR) is 116 cm³/mol. The van der Waals surface area contributed by atoms with E-state index in [9.17, 15) is 0 Å². The number of aromatic nitrogens is 4. The van der Waals surface area contributed by atoms with Gasteiger partial charge in [-0.2, -0.15) is 4.98 Å². The number of methoxy groups -OCH3 is 1. The van der Waals surface area contributed by atoms with Gasteiger partial charge in [-0.15, -0.1) is 0 Å². The van der Waals surface area contributed by atoms with Crippen molar-refractivity contribution in [2.45, 2.75) is 19.8 Å². The molecule has 1 aromatic carbocycles. The third-order valence-electron chi connectivity index (χ3n) is 5.10. The summed E-state index contributed by atoms with van der Waals surface area (Å²) in [5, 5.41) is 5.36. The topological polar surface area (TPSA) is 64.3 Å². The summed E-state index contributed by atoms with van der Waals surface area (Å²) >= 11 is 0. The van der Waals surface area contributed by atoms with Gasteiger partial charge in [0.2, 0.25) is 11.8 Å². The van der Waals surface area contributed by atoms with E-state index < -0.39 is 0 Å². The largest absolute Gasteiger partial charge is 0.481 e. The van der Waals surface area contributed by atoms with Crippen molar-refractivity contribution < 1.29 is 4.74 Å². The number of nitrogens with zero attached hydrogens (tertiary/aromatic N) is 4. The van der Waals surface area contributed by atoms with Crippen LogP contribution in [-0.2, 0) is 0 Å². The minimum absolute atomic E-state index is 0.402. The molecular formula is C23H21N5O. The lowest BCUT2D eigenvalue weighted by Crippen LogP contribution is -2.02. The average Bonchev–Trinajstić information content (AvgIpc) is 3.18. The van der Waals surface area contributed by atoms with Crippen LogP contribution in [-0.4, -0.2) is 26.5 Å². The molecule has 0 spiro atoms. The second-order valence-electron chi connectivity index (χ2n) is 7.37. The molecule has 0 saturated carbocycles. The van der Waals surface area contributed by atoms with Crippen LogP contribution in [0, 0.1) is 0 Å². The SMILES string of the molecule is COc1ccc2cc(Nc3ncc4ccc5ccc(C(C)C)n5c4n3)ccc2n1. The van der Waals surface area contributed by atoms with E-state index in [1.165, 1.54) is 5.69 Å². The van der Waals surface area contributed by atoms with Crippen molar-refractivity contribution in [1.82, 2.24) is 19.4 Å². The molecule has 4 heterocycles. The zero-order valence-corrected chi connectivity index (χ0v) is 16.5. The van der Waals surface area contributed by atoms with Gasteiger partial charge in [0.15, 0.2) is 0 Å². The molecule has 29 heavy (non-hydrogen) atoms. The minimum Gasteiger partial charge on any atom is -0.481 e. The van der Waals surface area contributed by atoms with Crippen molar-refractivity contribution in [1.29, 1.82) is 0 Å². The van der Waals surface area contributed by atoms with Crippen molar-refractivity contribution in [2.24, 2.45) is 0 Å². The lowest BCUT2D eigenvalue weighted by molar-refractivity contribution is 0.399. The van der Waals surface area contributed by atoms with Crippen LogP contribution >= 0.6 is 0 Å². The third kappa shape index (κ3) is 3.02. The highest BCUT2D eigenvalue weighted by atomic mass is 16.5. The Morgan fingerprint density at radius 2 is 1.76 bits per heavy atom. The fourth-order valence-corrected chi connectivity index (χ4v) is 3.64. The summed E-state index contributed by atoms with van der Waals surface area (Å²) in [6, 6.07) is 18.3. The van der Waals surface area contributed by atoms with Gasteiger partial charge in [0.1, 0.15) is 5.65 Å². The summed E-state index contributed by atoms with van der Waals surface area (Å²) in [6.07, 6.45) is 1.86. The molecule has 0 aliphatic rings. The molecule has 0 aliphatic heterocycles. The zero-order valence-electron chi connectivity index (χ0n) is 16.5. The van der Waals surface area contributed by atoms with Crippen LogP contribution in [0.25, 0.3) is 27.5 Å². The highest BCUT2D eigenvalue weighted by molar-refractivity contribution is 5.84. The summed E-state index contributed by atoms with van der Waals surface area (Å²) in [7, 11) is 1.62. The molecule has 6 heteroatoms. The van der Waals surface area contributed by atoms with Crippen LogP contribution in [0.1, 0.15) is 25.5 Å². The van der Waals surface area contributed by atoms with Gasteiger partial charge < -0.3 is 10.1 Å². The molecular weight excluding hydrogens is 362 g/mol. The lowest BCUT2D eigenvalue weighted by Gasteiger charge is -2.11. The Hall–Kier alpha value is -3.67. The maximum atomic E-state index is 5.19. The van der Waals surface area contributed by atoms with Gasteiger partial charge in [0.05, 0.1) is 12.6 Å². The maximum absolute atomic E-state index is 5.19. The van der Waals surface area contributed by atoms with Crippen molar-refractivity contribution in [3.8, 4) is 5.88 Å². The average molecular weight is 383 g/mol. The first-order valence-corrected chi connectivity index (χ1v) is 9.61. The summed E-state index contributed by atoms with van der Waals surface area (Å²) in [6.45, 7) is 4.39. The van der Waals surface area contributed by atoms with Crippen LogP contribution in [0.3, 0.4) is 0 Å². The number of nitrogens with one attached hydrogen (secondary N) is 1. The van der Waals surface area contributed by atoms with E-state index in [0.29, 0.717) is 17.7 Å². The number of pyridine rings is 2. The summed E-state index contributed by atoms with van der Waals surface area (Å²) in [4.78, 5) is 13.8. The van der Waals surface area contributed by atoms with Crippen LogP contribution in [0.15, 0.2) is 60.8 Å². The molecule has 0 saturated heterocycles. The smallest absolute Gasteiger partial charge is 0.229 e. The zero-order chi connectivity index (χ0) is 20.0. The number of fused-ring (bicyclic) bond motifs is 4. The second kappa shape index (κ2) is 6.74. The van der Waals surface area contributed by atoms with Crippen LogP contribution in [0.5, 0.6) is 5.88 Å². The summed E-state index contributed by atoms with van der Waals surface area (Å²) in [5.74, 6) is 1.57. The number of ether oxygens (including phenoxy) is 1. The molecule has 1 N–H and O–H groups in total. The number of rotatable bonds is 4. The van der Waals surface area contributed by atoms with Crippen LogP contribution in [0.2, 0.25) is 0 Å². The highest BCUT2D eigenvalue weighted by Gasteiger charge is 2.11. The number of hydrogen-bond acceptors (Lipinski definition) is 5. The van der Waals surface area contributed by atoms with Gasteiger partial charge in [-0.25, -0.2) is 9.97 Å². The quantitative estimate of drug-likeness (QED) is 0.456. The normalized spacial score (nSPS) is 11.6. The third-order valence-corrected chi connectivity index (χ3v) is 5.10. The monoisotopic (exact) mass is 383 g/mol. The fourth-order valence-electron chi connectivity index (χ4n) is 3.64. The molecule has 6 nitrogen and oxygen atoms in total. The minimum atomic E-state index is 0.402. The van der Waals surface area contributed by atoms with Crippen LogP contribution in [0.4, 0.5) is 11.6 Å². The van der Waals surface area contributed by atoms with E-state index in [4.69, 9.17) is 9.72 Å². The Bertz CT molecular complexity index is 1360. The Balaban J connectivity index is 1.57. The first-order chi connectivity index (χ1) is 14.1. The van der Waals surface area contributed by atoms with Gasteiger partial charge in [0.25, 0.3) is 0 Å². The Kier molecular flexibility index (Phi) is 4.05. The molecule has 144 valence electrons. The lowest BCUT2D eigenvalue weighted by atomic mass is 10.1. The molecule has 0 fully saturated rings. The predicted octanol–water partition coefficient (Wildman–Crippen LogP) is 5.31. The molecule has 0 atom stereocenters. The number of benzene rings is 1.